The van der Waals surface area contributed by atoms with E-state index in [0.717, 1.165) is 47.5 Å². The second-order valence-electron chi connectivity index (χ2n) is 8.93. The van der Waals surface area contributed by atoms with Gasteiger partial charge in [0.2, 0.25) is 0 Å². The largest absolute Gasteiger partial charge is 0.389 e. The van der Waals surface area contributed by atoms with Crippen molar-refractivity contribution in [1.29, 1.82) is 0 Å². The lowest BCUT2D eigenvalue weighted by atomic mass is 9.87. The van der Waals surface area contributed by atoms with Gasteiger partial charge in [0.25, 0.3) is 5.91 Å². The van der Waals surface area contributed by atoms with Crippen molar-refractivity contribution in [1.82, 2.24) is 40.0 Å². The van der Waals surface area contributed by atoms with E-state index in [9.17, 15) is 9.90 Å². The average molecular weight is 501 g/mol. The Morgan fingerprint density at radius 1 is 1.32 bits per heavy atom. The molecule has 0 spiro atoms. The Hall–Kier alpha value is -2.89. The second-order valence-corrected chi connectivity index (χ2v) is 10.6. The number of halogens is 1. The highest BCUT2D eigenvalue weighted by Crippen LogP contribution is 2.35. The Morgan fingerprint density at radius 3 is 2.88 bits per heavy atom. The molecule has 4 aromatic rings. The predicted molar refractivity (Wildman–Crippen MR) is 129 cm³/mol. The van der Waals surface area contributed by atoms with E-state index in [1.165, 1.54) is 12.5 Å². The van der Waals surface area contributed by atoms with Gasteiger partial charge in [-0.2, -0.15) is 5.10 Å². The number of aliphatic hydroxyl groups excluding tert-OH is 1. The van der Waals surface area contributed by atoms with Gasteiger partial charge in [-0.3, -0.25) is 14.9 Å². The summed E-state index contributed by atoms with van der Waals surface area (Å²) in [6, 6.07) is 1.27. The molecule has 5 rings (SSSR count). The van der Waals surface area contributed by atoms with E-state index in [2.05, 4.69) is 48.9 Å². The highest BCUT2D eigenvalue weighted by molar-refractivity contribution is 7.17. The number of imidazole rings is 1. The van der Waals surface area contributed by atoms with Crippen molar-refractivity contribution in [3.05, 3.63) is 40.0 Å². The van der Waals surface area contributed by atoms with Gasteiger partial charge in [0.1, 0.15) is 27.7 Å². The fraction of sp³-hybridized carbons (Fsp3) is 0.455. The Balaban J connectivity index is 1.50. The number of nitrogens with zero attached hydrogens (tertiary/aromatic N) is 6. The van der Waals surface area contributed by atoms with E-state index in [-0.39, 0.29) is 17.0 Å². The molecule has 4 aromatic heterocycles. The minimum absolute atomic E-state index is 0.248. The molecule has 1 saturated carbocycles. The van der Waals surface area contributed by atoms with Crippen LogP contribution >= 0.6 is 22.9 Å². The van der Waals surface area contributed by atoms with E-state index >= 15 is 0 Å². The molecule has 178 valence electrons. The molecule has 0 bridgehead atoms. The van der Waals surface area contributed by atoms with Gasteiger partial charge in [0.05, 0.1) is 36.1 Å². The van der Waals surface area contributed by atoms with Crippen LogP contribution in [0.5, 0.6) is 0 Å². The molecule has 1 aliphatic carbocycles. The van der Waals surface area contributed by atoms with Crippen LogP contribution in [0.15, 0.2) is 24.8 Å². The van der Waals surface area contributed by atoms with E-state index < -0.39 is 12.1 Å². The number of rotatable bonds is 6. The first-order chi connectivity index (χ1) is 16.4. The van der Waals surface area contributed by atoms with Crippen molar-refractivity contribution >= 4 is 39.9 Å². The maximum absolute atomic E-state index is 12.7. The first kappa shape index (κ1) is 22.9. The number of aliphatic hydroxyl groups is 1. The van der Waals surface area contributed by atoms with Crippen LogP contribution in [0.1, 0.15) is 54.8 Å². The normalized spacial score (nSPS) is 20.8. The first-order valence-corrected chi connectivity index (χ1v) is 12.4. The molecular formula is C22H25ClN8O2S. The molecule has 0 saturated heterocycles. The number of hydrogen-bond acceptors (Lipinski definition) is 8. The Kier molecular flexibility index (Phi) is 6.32. The minimum atomic E-state index is -0.793. The second kappa shape index (κ2) is 9.40. The maximum Gasteiger partial charge on any atom is 0.280 e. The van der Waals surface area contributed by atoms with Crippen LogP contribution in [-0.2, 0) is 6.42 Å². The standard InChI is InChI=1S/C22H25ClN8O2S/c1-11(2)6-18-28-14-8-24-13(20-26-10-27-30-20)7-16(14)31(18)15-5-3-4-12(19(15)32)29-21(33)22-25-9-17(23)34-22/h7-12,15,19,32H,3-6H2,1-2H3,(H,29,33)(H,26,27,30)/t12-,15+,19-/m0/s1. The van der Waals surface area contributed by atoms with Crippen LogP contribution in [0, 0.1) is 5.92 Å². The van der Waals surface area contributed by atoms with Gasteiger partial charge < -0.3 is 15.0 Å². The van der Waals surface area contributed by atoms with Gasteiger partial charge in [-0.05, 0) is 31.2 Å². The number of pyridine rings is 1. The van der Waals surface area contributed by atoms with E-state index in [4.69, 9.17) is 16.6 Å². The average Bonchev–Trinajstić information content (AvgIpc) is 3.54. The molecule has 0 aliphatic heterocycles. The topological polar surface area (TPSA) is 134 Å². The summed E-state index contributed by atoms with van der Waals surface area (Å²) < 4.78 is 2.58. The molecule has 3 N–H and O–H groups in total. The molecule has 1 aliphatic rings. The number of nitrogens with one attached hydrogen (secondary N) is 2. The number of amides is 1. The lowest BCUT2D eigenvalue weighted by molar-refractivity contribution is 0.0402. The van der Waals surface area contributed by atoms with Crippen LogP contribution < -0.4 is 5.32 Å². The van der Waals surface area contributed by atoms with Crippen LogP contribution in [-0.4, -0.2) is 57.9 Å². The van der Waals surface area contributed by atoms with Crippen LogP contribution in [0.3, 0.4) is 0 Å². The van der Waals surface area contributed by atoms with Crippen molar-refractivity contribution in [2.45, 2.75) is 57.7 Å². The Bertz CT molecular complexity index is 1300. The zero-order valence-corrected chi connectivity index (χ0v) is 20.3. The first-order valence-electron chi connectivity index (χ1n) is 11.2. The van der Waals surface area contributed by atoms with Gasteiger partial charge in [-0.25, -0.2) is 15.0 Å². The summed E-state index contributed by atoms with van der Waals surface area (Å²) in [6.07, 6.45) is 6.89. The number of H-pyrrole nitrogens is 1. The molecule has 1 fully saturated rings. The molecule has 0 aromatic carbocycles. The minimum Gasteiger partial charge on any atom is -0.389 e. The predicted octanol–water partition coefficient (Wildman–Crippen LogP) is 3.41. The number of fused-ring (bicyclic) bond motifs is 1. The summed E-state index contributed by atoms with van der Waals surface area (Å²) in [6.45, 7) is 4.28. The Morgan fingerprint density at radius 2 is 2.18 bits per heavy atom. The highest BCUT2D eigenvalue weighted by Gasteiger charge is 2.36. The summed E-state index contributed by atoms with van der Waals surface area (Å²) >= 11 is 7.05. The molecular weight excluding hydrogens is 476 g/mol. The number of carbonyl (C=O) groups excluding carboxylic acids is 1. The molecule has 0 radical (unpaired) electrons. The number of hydrogen-bond donors (Lipinski definition) is 3. The molecule has 10 nitrogen and oxygen atoms in total. The van der Waals surface area contributed by atoms with Crippen molar-refractivity contribution in [2.24, 2.45) is 5.92 Å². The molecule has 3 atom stereocenters. The summed E-state index contributed by atoms with van der Waals surface area (Å²) in [5.41, 5.74) is 2.28. The van der Waals surface area contributed by atoms with E-state index in [0.29, 0.717) is 28.2 Å². The third kappa shape index (κ3) is 4.42. The van der Waals surface area contributed by atoms with E-state index in [1.54, 1.807) is 6.20 Å². The fourth-order valence-electron chi connectivity index (χ4n) is 4.57. The highest BCUT2D eigenvalue weighted by atomic mass is 35.5. The van der Waals surface area contributed by atoms with Gasteiger partial charge >= 0.3 is 0 Å². The van der Waals surface area contributed by atoms with Gasteiger partial charge in [0, 0.05) is 6.42 Å². The maximum atomic E-state index is 12.7. The molecule has 1 amide bonds. The number of aromatic nitrogens is 7. The van der Waals surface area contributed by atoms with Crippen molar-refractivity contribution in [3.8, 4) is 11.5 Å². The Labute approximate surface area is 204 Å². The van der Waals surface area contributed by atoms with Crippen LogP contribution in [0.2, 0.25) is 4.34 Å². The third-order valence-corrected chi connectivity index (χ3v) is 7.15. The lowest BCUT2D eigenvalue weighted by Crippen LogP contribution is -2.49. The van der Waals surface area contributed by atoms with Crippen LogP contribution in [0.4, 0.5) is 0 Å². The van der Waals surface area contributed by atoms with Gasteiger partial charge in [0.15, 0.2) is 10.8 Å². The molecule has 12 heteroatoms. The monoisotopic (exact) mass is 500 g/mol. The number of aromatic amines is 1. The summed E-state index contributed by atoms with van der Waals surface area (Å²) in [5, 5.41) is 21.4. The van der Waals surface area contributed by atoms with Crippen LogP contribution in [0.25, 0.3) is 22.6 Å². The molecule has 4 heterocycles. The SMILES string of the molecule is CC(C)Cc1nc2cnc(-c3ncn[nH]3)cc2n1[C@@H]1CCC[C@H](NC(=O)c2ncc(Cl)s2)[C@@H]1O. The molecule has 0 unspecified atom stereocenters. The smallest absolute Gasteiger partial charge is 0.280 e. The summed E-state index contributed by atoms with van der Waals surface area (Å²) in [4.78, 5) is 30.3. The fourth-order valence-corrected chi connectivity index (χ4v) is 5.39. The zero-order chi connectivity index (χ0) is 23.8. The number of thiazole rings is 1. The van der Waals surface area contributed by atoms with Crippen molar-refractivity contribution in [2.75, 3.05) is 0 Å². The summed E-state index contributed by atoms with van der Waals surface area (Å²) in [5.74, 6) is 1.51. The lowest BCUT2D eigenvalue weighted by Gasteiger charge is -2.37. The summed E-state index contributed by atoms with van der Waals surface area (Å²) in [7, 11) is 0. The molecule has 34 heavy (non-hydrogen) atoms. The van der Waals surface area contributed by atoms with Crippen molar-refractivity contribution < 1.29 is 9.90 Å². The van der Waals surface area contributed by atoms with Gasteiger partial charge in [-0.1, -0.05) is 36.8 Å². The number of carbonyl (C=O) groups is 1. The van der Waals surface area contributed by atoms with Crippen molar-refractivity contribution in [3.63, 3.8) is 0 Å². The van der Waals surface area contributed by atoms with Gasteiger partial charge in [-0.15, -0.1) is 0 Å². The quantitative estimate of drug-likeness (QED) is 0.369. The zero-order valence-electron chi connectivity index (χ0n) is 18.8. The van der Waals surface area contributed by atoms with E-state index in [1.807, 2.05) is 6.07 Å². The third-order valence-electron chi connectivity index (χ3n) is 6.04.